The molecular weight excluding hydrogens is 312 g/mol. The van der Waals surface area contributed by atoms with Gasteiger partial charge in [-0.25, -0.2) is 8.42 Å². The summed E-state index contributed by atoms with van der Waals surface area (Å²) in [7, 11) is -3.36. The first-order valence-corrected chi connectivity index (χ1v) is 8.70. The molecule has 1 aromatic carbocycles. The Kier molecular flexibility index (Phi) is 6.92. The number of benzene rings is 1. The fraction of sp³-hybridized carbons (Fsp3) is 0.400. The molecule has 0 amide bonds. The van der Waals surface area contributed by atoms with Crippen LogP contribution in [0.25, 0.3) is 0 Å². The van der Waals surface area contributed by atoms with Crippen molar-refractivity contribution in [2.45, 2.75) is 30.5 Å². The van der Waals surface area contributed by atoms with Crippen LogP contribution in [-0.4, -0.2) is 32.1 Å². The van der Waals surface area contributed by atoms with Gasteiger partial charge < -0.3 is 4.74 Å². The van der Waals surface area contributed by atoms with Gasteiger partial charge in [0.15, 0.2) is 9.84 Å². The van der Waals surface area contributed by atoms with Crippen molar-refractivity contribution in [1.29, 1.82) is 0 Å². The molecule has 0 aromatic heterocycles. The Morgan fingerprint density at radius 3 is 2.52 bits per heavy atom. The topological polar surface area (TPSA) is 60.4 Å². The Morgan fingerprint density at radius 2 is 1.95 bits per heavy atom. The largest absolute Gasteiger partial charge is 0.465 e. The second-order valence-corrected chi connectivity index (χ2v) is 7.13. The van der Waals surface area contributed by atoms with Crippen molar-refractivity contribution < 1.29 is 17.9 Å². The second-order valence-electron chi connectivity index (χ2n) is 4.57. The number of carbonyl (C=O) groups is 1. The molecule has 116 valence electrons. The summed E-state index contributed by atoms with van der Waals surface area (Å²) in [6, 6.07) is 8.23. The number of allylic oxidation sites excluding steroid dienone is 1. The molecule has 1 aromatic rings. The molecule has 0 saturated heterocycles. The van der Waals surface area contributed by atoms with Crippen LogP contribution >= 0.6 is 11.6 Å². The lowest BCUT2D eigenvalue weighted by molar-refractivity contribution is -0.142. The zero-order valence-electron chi connectivity index (χ0n) is 12.1. The molecule has 0 aliphatic carbocycles. The Hall–Kier alpha value is -1.33. The summed E-state index contributed by atoms with van der Waals surface area (Å²) in [4.78, 5) is 11.7. The van der Waals surface area contributed by atoms with E-state index in [4.69, 9.17) is 16.3 Å². The monoisotopic (exact) mass is 330 g/mol. The maximum atomic E-state index is 12.1. The molecule has 0 fully saturated rings. The molecule has 0 aliphatic rings. The third kappa shape index (κ3) is 5.89. The van der Waals surface area contributed by atoms with E-state index in [1.54, 1.807) is 50.3 Å². The zero-order chi connectivity index (χ0) is 15.9. The number of esters is 1. The van der Waals surface area contributed by atoms with E-state index in [1.165, 1.54) is 0 Å². The molecule has 0 aliphatic heterocycles. The SMILES string of the molecule is CCOC(=O)[C@@H](Cl)C/C(C)=C/CS(=O)(=O)c1ccccc1. The van der Waals surface area contributed by atoms with E-state index in [1.807, 2.05) is 0 Å². The predicted octanol–water partition coefficient (Wildman–Crippen LogP) is 2.97. The average molecular weight is 331 g/mol. The van der Waals surface area contributed by atoms with E-state index < -0.39 is 21.2 Å². The summed E-state index contributed by atoms with van der Waals surface area (Å²) in [6.07, 6.45) is 1.85. The van der Waals surface area contributed by atoms with Crippen LogP contribution in [0.5, 0.6) is 0 Å². The van der Waals surface area contributed by atoms with Crippen LogP contribution < -0.4 is 0 Å². The summed E-state index contributed by atoms with van der Waals surface area (Å²) >= 11 is 5.91. The lowest BCUT2D eigenvalue weighted by Crippen LogP contribution is -2.18. The fourth-order valence-corrected chi connectivity index (χ4v) is 3.23. The molecule has 0 saturated carbocycles. The van der Waals surface area contributed by atoms with Gasteiger partial charge in [-0.15, -0.1) is 11.6 Å². The summed E-state index contributed by atoms with van der Waals surface area (Å²) in [5.74, 6) is -0.604. The Labute approximate surface area is 130 Å². The molecule has 4 nitrogen and oxygen atoms in total. The molecule has 0 N–H and O–H groups in total. The lowest BCUT2D eigenvalue weighted by Gasteiger charge is -2.09. The summed E-state index contributed by atoms with van der Waals surface area (Å²) in [5.41, 5.74) is 0.738. The Balaban J connectivity index is 2.66. The average Bonchev–Trinajstić information content (AvgIpc) is 2.46. The molecule has 6 heteroatoms. The standard InChI is InChI=1S/C15H19ClO4S/c1-3-20-15(17)14(16)11-12(2)9-10-21(18,19)13-7-5-4-6-8-13/h4-9,14H,3,10-11H2,1-2H3/b12-9+/t14-/m0/s1. The van der Waals surface area contributed by atoms with E-state index >= 15 is 0 Å². The van der Waals surface area contributed by atoms with Gasteiger partial charge in [0.2, 0.25) is 0 Å². The van der Waals surface area contributed by atoms with E-state index in [2.05, 4.69) is 0 Å². The Morgan fingerprint density at radius 1 is 1.33 bits per heavy atom. The van der Waals surface area contributed by atoms with Gasteiger partial charge in [0, 0.05) is 0 Å². The van der Waals surface area contributed by atoms with Crippen LogP contribution in [-0.2, 0) is 19.4 Å². The maximum Gasteiger partial charge on any atom is 0.324 e. The minimum absolute atomic E-state index is 0.116. The summed E-state index contributed by atoms with van der Waals surface area (Å²) < 4.78 is 29.0. The number of alkyl halides is 1. The van der Waals surface area contributed by atoms with Crippen LogP contribution in [0, 0.1) is 0 Å². The molecule has 1 rings (SSSR count). The number of carbonyl (C=O) groups excluding carboxylic acids is 1. The van der Waals surface area contributed by atoms with E-state index in [9.17, 15) is 13.2 Å². The Bertz CT molecular complexity index is 593. The number of ether oxygens (including phenoxy) is 1. The molecule has 0 spiro atoms. The quantitative estimate of drug-likeness (QED) is 0.438. The molecule has 21 heavy (non-hydrogen) atoms. The van der Waals surface area contributed by atoms with E-state index in [0.29, 0.717) is 0 Å². The number of hydrogen-bond acceptors (Lipinski definition) is 4. The van der Waals surface area contributed by atoms with Gasteiger partial charge in [-0.05, 0) is 32.4 Å². The molecule has 0 radical (unpaired) electrons. The van der Waals surface area contributed by atoms with Crippen LogP contribution in [0.4, 0.5) is 0 Å². The van der Waals surface area contributed by atoms with Crippen molar-refractivity contribution in [3.63, 3.8) is 0 Å². The predicted molar refractivity (Wildman–Crippen MR) is 83.1 cm³/mol. The van der Waals surface area contributed by atoms with Crippen molar-refractivity contribution in [3.8, 4) is 0 Å². The first kappa shape index (κ1) is 17.7. The van der Waals surface area contributed by atoms with E-state index in [-0.39, 0.29) is 23.7 Å². The third-order valence-electron chi connectivity index (χ3n) is 2.80. The summed E-state index contributed by atoms with van der Waals surface area (Å²) in [6.45, 7) is 3.72. The number of hydrogen-bond donors (Lipinski definition) is 0. The highest BCUT2D eigenvalue weighted by atomic mass is 35.5. The fourth-order valence-electron chi connectivity index (χ4n) is 1.66. The van der Waals surface area contributed by atoms with Gasteiger partial charge in [-0.2, -0.15) is 0 Å². The minimum atomic E-state index is -3.36. The normalized spacial score (nSPS) is 13.8. The smallest absolute Gasteiger partial charge is 0.324 e. The minimum Gasteiger partial charge on any atom is -0.465 e. The number of rotatable bonds is 7. The summed E-state index contributed by atoms with van der Waals surface area (Å²) in [5, 5.41) is -0.791. The molecule has 0 heterocycles. The van der Waals surface area contributed by atoms with Crippen LogP contribution in [0.2, 0.25) is 0 Å². The van der Waals surface area contributed by atoms with Crippen LogP contribution in [0.1, 0.15) is 20.3 Å². The lowest BCUT2D eigenvalue weighted by atomic mass is 10.1. The van der Waals surface area contributed by atoms with Crippen molar-refractivity contribution in [2.75, 3.05) is 12.4 Å². The van der Waals surface area contributed by atoms with Gasteiger partial charge in [0.25, 0.3) is 0 Å². The first-order chi connectivity index (χ1) is 9.86. The van der Waals surface area contributed by atoms with Gasteiger partial charge in [-0.1, -0.05) is 29.8 Å². The van der Waals surface area contributed by atoms with Crippen LogP contribution in [0.3, 0.4) is 0 Å². The molecule has 1 atom stereocenters. The zero-order valence-corrected chi connectivity index (χ0v) is 13.7. The van der Waals surface area contributed by atoms with Gasteiger partial charge in [0.05, 0.1) is 17.3 Å². The van der Waals surface area contributed by atoms with Crippen LogP contribution in [0.15, 0.2) is 46.9 Å². The van der Waals surface area contributed by atoms with Crippen molar-refractivity contribution in [3.05, 3.63) is 42.0 Å². The maximum absolute atomic E-state index is 12.1. The van der Waals surface area contributed by atoms with Crippen molar-refractivity contribution in [2.24, 2.45) is 0 Å². The highest BCUT2D eigenvalue weighted by Gasteiger charge is 2.17. The second kappa shape index (κ2) is 8.20. The highest BCUT2D eigenvalue weighted by molar-refractivity contribution is 7.91. The molecule has 0 unspecified atom stereocenters. The number of halogens is 1. The van der Waals surface area contributed by atoms with Gasteiger partial charge in [0.1, 0.15) is 5.38 Å². The van der Waals surface area contributed by atoms with Crippen molar-refractivity contribution >= 4 is 27.4 Å². The third-order valence-corrected chi connectivity index (χ3v) is 4.73. The number of sulfone groups is 1. The van der Waals surface area contributed by atoms with Crippen molar-refractivity contribution in [1.82, 2.24) is 0 Å². The van der Waals surface area contributed by atoms with E-state index in [0.717, 1.165) is 5.57 Å². The first-order valence-electron chi connectivity index (χ1n) is 6.61. The highest BCUT2D eigenvalue weighted by Crippen LogP contribution is 2.15. The van der Waals surface area contributed by atoms with Gasteiger partial charge in [-0.3, -0.25) is 4.79 Å². The molecule has 0 bridgehead atoms. The van der Waals surface area contributed by atoms with Gasteiger partial charge >= 0.3 is 5.97 Å². The molecular formula is C15H19ClO4S.